The number of anilines is 1. The Bertz CT molecular complexity index is 1480. The van der Waals surface area contributed by atoms with Gasteiger partial charge in [0.05, 0.1) is 28.4 Å². The zero-order valence-corrected chi connectivity index (χ0v) is 19.2. The number of hydrogen-bond donors (Lipinski definition) is 1. The number of aliphatic hydroxyl groups excluding tert-OH is 1. The molecule has 6 nitrogen and oxygen atoms in total. The first-order chi connectivity index (χ1) is 16.9. The van der Waals surface area contributed by atoms with Crippen molar-refractivity contribution < 1.29 is 28.2 Å². The summed E-state index contributed by atoms with van der Waals surface area (Å²) in [4.78, 5) is 32.2. The van der Waals surface area contributed by atoms with E-state index in [0.29, 0.717) is 23.4 Å². The van der Waals surface area contributed by atoms with Crippen molar-refractivity contribution in [2.75, 3.05) is 11.5 Å². The molecule has 0 saturated carbocycles. The molecule has 2 heterocycles. The third kappa shape index (κ3) is 4.04. The molecule has 0 radical (unpaired) electrons. The van der Waals surface area contributed by atoms with Crippen LogP contribution in [0.5, 0.6) is 5.75 Å². The van der Waals surface area contributed by atoms with E-state index in [4.69, 9.17) is 4.74 Å². The molecule has 0 bridgehead atoms. The summed E-state index contributed by atoms with van der Waals surface area (Å²) in [6, 6.07) is 14.4. The molecule has 35 heavy (non-hydrogen) atoms. The molecule has 1 aromatic heterocycles. The zero-order chi connectivity index (χ0) is 24.7. The molecule has 1 atom stereocenters. The number of Topliss-reactive ketones (excluding diaryl/α,β-unsaturated/α-hetero) is 1. The molecule has 0 unspecified atom stereocenters. The fourth-order valence-electron chi connectivity index (χ4n) is 4.01. The maximum Gasteiger partial charge on any atom is 0.301 e. The second-order valence-corrected chi connectivity index (χ2v) is 8.80. The van der Waals surface area contributed by atoms with Crippen molar-refractivity contribution in [2.24, 2.45) is 0 Å². The van der Waals surface area contributed by atoms with Gasteiger partial charge in [-0.1, -0.05) is 23.5 Å². The van der Waals surface area contributed by atoms with Gasteiger partial charge in [0.2, 0.25) is 0 Å². The van der Waals surface area contributed by atoms with Gasteiger partial charge >= 0.3 is 5.91 Å². The van der Waals surface area contributed by atoms with Crippen molar-refractivity contribution in [1.82, 2.24) is 4.98 Å². The van der Waals surface area contributed by atoms with Crippen molar-refractivity contribution >= 4 is 44.1 Å². The van der Waals surface area contributed by atoms with Gasteiger partial charge in [0.25, 0.3) is 5.78 Å². The average Bonchev–Trinajstić information content (AvgIpc) is 3.38. The van der Waals surface area contributed by atoms with Crippen LogP contribution in [0.4, 0.5) is 13.9 Å². The minimum absolute atomic E-state index is 0.169. The van der Waals surface area contributed by atoms with Gasteiger partial charge in [0.15, 0.2) is 5.13 Å². The molecule has 9 heteroatoms. The highest BCUT2D eigenvalue weighted by molar-refractivity contribution is 7.22. The van der Waals surface area contributed by atoms with E-state index in [2.05, 4.69) is 4.98 Å². The Morgan fingerprint density at radius 1 is 1.03 bits per heavy atom. The smallest absolute Gasteiger partial charge is 0.301 e. The van der Waals surface area contributed by atoms with E-state index in [1.165, 1.54) is 52.6 Å². The molecule has 1 amide bonds. The number of halogens is 2. The number of amides is 1. The lowest BCUT2D eigenvalue weighted by molar-refractivity contribution is -0.132. The number of carbonyl (C=O) groups excluding carboxylic acids is 2. The highest BCUT2D eigenvalue weighted by Crippen LogP contribution is 2.44. The number of aliphatic hydroxyl groups is 1. The lowest BCUT2D eigenvalue weighted by atomic mass is 9.95. The number of fused-ring (bicyclic) bond motifs is 1. The SMILES string of the molecule is CCOc1ccc2nc(N3C(=O)C(=O)/C(=C(/O)c4ccc(F)cc4)[C@@H]3c3ccc(F)cc3)sc2c1. The number of thiazole rings is 1. The number of ether oxygens (including phenoxy) is 1. The van der Waals surface area contributed by atoms with Gasteiger partial charge in [-0.3, -0.25) is 14.5 Å². The quantitative estimate of drug-likeness (QED) is 0.223. The molecule has 0 aliphatic carbocycles. The van der Waals surface area contributed by atoms with Crippen LogP contribution in [-0.4, -0.2) is 28.4 Å². The number of benzene rings is 3. The molecular weight excluding hydrogens is 474 g/mol. The average molecular weight is 493 g/mol. The number of hydrogen-bond acceptors (Lipinski definition) is 6. The van der Waals surface area contributed by atoms with E-state index >= 15 is 0 Å². The Labute approximate surface area is 202 Å². The summed E-state index contributed by atoms with van der Waals surface area (Å²) < 4.78 is 33.4. The summed E-state index contributed by atoms with van der Waals surface area (Å²) in [5.74, 6) is -2.63. The lowest BCUT2D eigenvalue weighted by Crippen LogP contribution is -2.29. The normalized spacial score (nSPS) is 17.3. The van der Waals surface area contributed by atoms with Crippen LogP contribution in [-0.2, 0) is 9.59 Å². The molecule has 5 rings (SSSR count). The van der Waals surface area contributed by atoms with Crippen molar-refractivity contribution in [2.45, 2.75) is 13.0 Å². The number of aromatic nitrogens is 1. The van der Waals surface area contributed by atoms with Gasteiger partial charge in [-0.2, -0.15) is 0 Å². The van der Waals surface area contributed by atoms with Crippen LogP contribution in [0.3, 0.4) is 0 Å². The monoisotopic (exact) mass is 492 g/mol. The van der Waals surface area contributed by atoms with Gasteiger partial charge in [-0.05, 0) is 67.1 Å². The van der Waals surface area contributed by atoms with Gasteiger partial charge in [-0.15, -0.1) is 0 Å². The van der Waals surface area contributed by atoms with Crippen molar-refractivity contribution in [3.8, 4) is 5.75 Å². The first-order valence-corrected chi connectivity index (χ1v) is 11.5. The van der Waals surface area contributed by atoms with E-state index in [1.807, 2.05) is 6.92 Å². The molecule has 3 aromatic carbocycles. The molecular formula is C26H18F2N2O4S. The summed E-state index contributed by atoms with van der Waals surface area (Å²) in [6.45, 7) is 2.35. The summed E-state index contributed by atoms with van der Waals surface area (Å²) in [5, 5.41) is 11.3. The van der Waals surface area contributed by atoms with Crippen LogP contribution in [0, 0.1) is 11.6 Å². The molecule has 1 N–H and O–H groups in total. The standard InChI is InChI=1S/C26H18F2N2O4S/c1-2-34-18-11-12-19-20(13-18)35-26(29-19)30-22(14-3-7-16(27)8-4-14)21(24(32)25(30)33)23(31)15-5-9-17(28)10-6-15/h3-13,22,31H,2H2,1H3/b23-21+/t22-/m0/s1. The third-order valence-electron chi connectivity index (χ3n) is 5.61. The van der Waals surface area contributed by atoms with E-state index < -0.39 is 35.1 Å². The van der Waals surface area contributed by atoms with E-state index in [9.17, 15) is 23.5 Å². The Morgan fingerprint density at radius 2 is 1.69 bits per heavy atom. The first kappa shape index (κ1) is 22.7. The Kier molecular flexibility index (Phi) is 5.78. The molecule has 1 saturated heterocycles. The second kappa shape index (κ2) is 8.92. The van der Waals surface area contributed by atoms with Crippen LogP contribution in [0.1, 0.15) is 24.1 Å². The minimum Gasteiger partial charge on any atom is -0.507 e. The predicted molar refractivity (Wildman–Crippen MR) is 128 cm³/mol. The lowest BCUT2D eigenvalue weighted by Gasteiger charge is -2.23. The Hall–Kier alpha value is -4.11. The summed E-state index contributed by atoms with van der Waals surface area (Å²) in [5.41, 5.74) is 0.986. The zero-order valence-electron chi connectivity index (χ0n) is 18.4. The van der Waals surface area contributed by atoms with E-state index in [1.54, 1.807) is 18.2 Å². The molecule has 1 fully saturated rings. The Balaban J connectivity index is 1.69. The predicted octanol–water partition coefficient (Wildman–Crippen LogP) is 5.60. The fourth-order valence-corrected chi connectivity index (χ4v) is 5.03. The third-order valence-corrected chi connectivity index (χ3v) is 6.63. The molecule has 1 aliphatic heterocycles. The first-order valence-electron chi connectivity index (χ1n) is 10.7. The largest absolute Gasteiger partial charge is 0.507 e. The topological polar surface area (TPSA) is 79.7 Å². The van der Waals surface area contributed by atoms with Crippen LogP contribution in [0.15, 0.2) is 72.3 Å². The summed E-state index contributed by atoms with van der Waals surface area (Å²) in [7, 11) is 0. The summed E-state index contributed by atoms with van der Waals surface area (Å²) in [6.07, 6.45) is 0. The van der Waals surface area contributed by atoms with Gasteiger partial charge in [0.1, 0.15) is 23.1 Å². The fraction of sp³-hybridized carbons (Fsp3) is 0.115. The van der Waals surface area contributed by atoms with Crippen LogP contribution >= 0.6 is 11.3 Å². The number of carbonyl (C=O) groups is 2. The number of ketones is 1. The van der Waals surface area contributed by atoms with Gasteiger partial charge in [-0.25, -0.2) is 13.8 Å². The van der Waals surface area contributed by atoms with Gasteiger partial charge < -0.3 is 9.84 Å². The highest BCUT2D eigenvalue weighted by Gasteiger charge is 2.48. The highest BCUT2D eigenvalue weighted by atomic mass is 32.1. The van der Waals surface area contributed by atoms with Crippen LogP contribution in [0.2, 0.25) is 0 Å². The molecule has 0 spiro atoms. The maximum absolute atomic E-state index is 13.7. The van der Waals surface area contributed by atoms with Crippen LogP contribution < -0.4 is 9.64 Å². The minimum atomic E-state index is -1.06. The van der Waals surface area contributed by atoms with Crippen molar-refractivity contribution in [3.63, 3.8) is 0 Å². The van der Waals surface area contributed by atoms with E-state index in [-0.39, 0.29) is 16.3 Å². The van der Waals surface area contributed by atoms with Crippen molar-refractivity contribution in [1.29, 1.82) is 0 Å². The Morgan fingerprint density at radius 3 is 2.34 bits per heavy atom. The molecule has 4 aromatic rings. The summed E-state index contributed by atoms with van der Waals surface area (Å²) >= 11 is 1.19. The second-order valence-electron chi connectivity index (χ2n) is 7.79. The number of rotatable bonds is 5. The molecule has 176 valence electrons. The van der Waals surface area contributed by atoms with Crippen LogP contribution in [0.25, 0.3) is 16.0 Å². The van der Waals surface area contributed by atoms with Gasteiger partial charge in [0, 0.05) is 5.56 Å². The van der Waals surface area contributed by atoms with E-state index in [0.717, 1.165) is 16.8 Å². The molecule has 1 aliphatic rings. The maximum atomic E-state index is 13.7. The number of nitrogens with zero attached hydrogens (tertiary/aromatic N) is 2. The van der Waals surface area contributed by atoms with Crippen molar-refractivity contribution in [3.05, 3.63) is 95.1 Å².